The number of hydrogen-bond donors (Lipinski definition) is 2. The molecule has 1 amide bonds. The van der Waals surface area contributed by atoms with Crippen LogP contribution in [0.1, 0.15) is 16.9 Å². The van der Waals surface area contributed by atoms with Gasteiger partial charge in [0.05, 0.1) is 12.7 Å². The largest absolute Gasteiger partial charge is 0.469 e. The summed E-state index contributed by atoms with van der Waals surface area (Å²) >= 11 is 0. The van der Waals surface area contributed by atoms with Gasteiger partial charge >= 0.3 is 0 Å². The van der Waals surface area contributed by atoms with Crippen molar-refractivity contribution in [2.45, 2.75) is 18.9 Å². The zero-order valence-electron chi connectivity index (χ0n) is 16.0. The van der Waals surface area contributed by atoms with Crippen LogP contribution in [0, 0.1) is 0 Å². The van der Waals surface area contributed by atoms with Crippen molar-refractivity contribution < 1.29 is 14.2 Å². The van der Waals surface area contributed by atoms with Gasteiger partial charge in [-0.25, -0.2) is 4.99 Å². The Kier molecular flexibility index (Phi) is 4.48. The van der Waals surface area contributed by atoms with E-state index in [-0.39, 0.29) is 11.9 Å². The molecule has 2 aliphatic heterocycles. The number of rotatable bonds is 5. The number of carbonyl (C=O) groups is 1. The van der Waals surface area contributed by atoms with Crippen LogP contribution in [-0.2, 0) is 17.6 Å². The van der Waals surface area contributed by atoms with Gasteiger partial charge in [-0.2, -0.15) is 0 Å². The summed E-state index contributed by atoms with van der Waals surface area (Å²) in [6.45, 7) is 0.526. The molecule has 1 aromatic heterocycles. The lowest BCUT2D eigenvalue weighted by atomic mass is 10.1. The van der Waals surface area contributed by atoms with E-state index in [2.05, 4.69) is 34.6 Å². The molecule has 0 aliphatic carbocycles. The van der Waals surface area contributed by atoms with Crippen LogP contribution in [-0.4, -0.2) is 29.1 Å². The maximum atomic E-state index is 13.2. The van der Waals surface area contributed by atoms with Crippen LogP contribution in [0.15, 0.2) is 95.0 Å². The molecule has 1 unspecified atom stereocenters. The summed E-state index contributed by atoms with van der Waals surface area (Å²) in [7, 11) is 0. The fraction of sp³-hybridized carbons (Fsp3) is 0.167. The van der Waals surface area contributed by atoms with Crippen LogP contribution in [0.3, 0.4) is 0 Å². The summed E-state index contributed by atoms with van der Waals surface area (Å²) in [5, 5.41) is 3.44. The Balaban J connectivity index is 1.50. The highest BCUT2D eigenvalue weighted by atomic mass is 16.3. The molecule has 0 radical (unpaired) electrons. The van der Waals surface area contributed by atoms with Crippen molar-refractivity contribution in [3.8, 4) is 0 Å². The number of allylic oxidation sites excluding steroid dienone is 1. The average molecular weight is 384 g/mol. The lowest BCUT2D eigenvalue weighted by Gasteiger charge is -2.20. The van der Waals surface area contributed by atoms with E-state index in [0.717, 1.165) is 35.0 Å². The highest BCUT2D eigenvalue weighted by Gasteiger charge is 2.43. The third-order valence-corrected chi connectivity index (χ3v) is 5.38. The van der Waals surface area contributed by atoms with E-state index in [1.165, 1.54) is 5.56 Å². The van der Waals surface area contributed by atoms with Crippen molar-refractivity contribution in [2.75, 3.05) is 6.54 Å². The molecule has 2 aromatic carbocycles. The summed E-state index contributed by atoms with van der Waals surface area (Å²) in [4.78, 5) is 18.7. The third kappa shape index (κ3) is 3.47. The molecule has 144 valence electrons. The number of hydrogen-bond acceptors (Lipinski definition) is 3. The van der Waals surface area contributed by atoms with Gasteiger partial charge in [0.1, 0.15) is 18.3 Å². The monoisotopic (exact) mass is 384 g/mol. The third-order valence-electron chi connectivity index (χ3n) is 5.38. The van der Waals surface area contributed by atoms with Gasteiger partial charge in [0.2, 0.25) is 11.4 Å². The van der Waals surface area contributed by atoms with Crippen LogP contribution >= 0.6 is 0 Å². The van der Waals surface area contributed by atoms with Gasteiger partial charge in [-0.3, -0.25) is 9.69 Å². The van der Waals surface area contributed by atoms with Crippen molar-refractivity contribution >= 4 is 11.6 Å². The first-order chi connectivity index (χ1) is 14.3. The van der Waals surface area contributed by atoms with E-state index in [1.807, 2.05) is 53.4 Å². The van der Waals surface area contributed by atoms with Crippen molar-refractivity contribution in [3.05, 3.63) is 107 Å². The maximum absolute atomic E-state index is 13.2. The van der Waals surface area contributed by atoms with Crippen molar-refractivity contribution in [3.63, 3.8) is 0 Å². The molecular weight excluding hydrogens is 362 g/mol. The molecule has 5 rings (SSSR count). The van der Waals surface area contributed by atoms with E-state index < -0.39 is 0 Å². The number of furan rings is 1. The topological polar surface area (TPSA) is 59.5 Å². The minimum atomic E-state index is -0.321. The second-order valence-corrected chi connectivity index (χ2v) is 7.36. The number of benzene rings is 2. The molecule has 5 nitrogen and oxygen atoms in total. The van der Waals surface area contributed by atoms with Crippen molar-refractivity contribution in [1.29, 1.82) is 0 Å². The molecule has 2 aliphatic rings. The second-order valence-electron chi connectivity index (χ2n) is 7.36. The van der Waals surface area contributed by atoms with Crippen molar-refractivity contribution in [1.82, 2.24) is 10.2 Å². The SMILES string of the molecule is O=C1C(Cc2ccco2)NC2=C(Cc3ccccc3)[NH+]=C(c3ccccc3)CN12. The van der Waals surface area contributed by atoms with Gasteiger partial charge in [0, 0.05) is 12.0 Å². The molecule has 3 aromatic rings. The molecule has 0 saturated carbocycles. The fourth-order valence-electron chi connectivity index (χ4n) is 3.95. The Morgan fingerprint density at radius 1 is 1.00 bits per heavy atom. The normalized spacial score (nSPS) is 18.5. The van der Waals surface area contributed by atoms with Gasteiger partial charge < -0.3 is 9.73 Å². The van der Waals surface area contributed by atoms with Gasteiger partial charge in [-0.1, -0.05) is 48.5 Å². The zero-order chi connectivity index (χ0) is 19.6. The highest BCUT2D eigenvalue weighted by molar-refractivity contribution is 6.01. The average Bonchev–Trinajstić information content (AvgIpc) is 3.38. The van der Waals surface area contributed by atoms with Gasteiger partial charge in [0.25, 0.3) is 5.91 Å². The Morgan fingerprint density at radius 3 is 2.48 bits per heavy atom. The Bertz CT molecular complexity index is 1070. The van der Waals surface area contributed by atoms with Crippen LogP contribution in [0.25, 0.3) is 0 Å². The summed E-state index contributed by atoms with van der Waals surface area (Å²) in [5.74, 6) is 1.76. The Hall–Kier alpha value is -3.60. The number of fused-ring (bicyclic) bond motifs is 1. The standard InChI is InChI=1S/C24H21N3O2/c28-24-21(15-19-12-7-13-29-19)26-23-20(14-17-8-3-1-4-9-17)25-22(16-27(23)24)18-10-5-2-6-11-18/h1-13,21,26H,14-16H2/p+1. The van der Waals surface area contributed by atoms with Crippen LogP contribution in [0.2, 0.25) is 0 Å². The fourth-order valence-corrected chi connectivity index (χ4v) is 3.95. The first-order valence-electron chi connectivity index (χ1n) is 9.83. The van der Waals surface area contributed by atoms with Crippen LogP contribution < -0.4 is 10.3 Å². The predicted molar refractivity (Wildman–Crippen MR) is 110 cm³/mol. The smallest absolute Gasteiger partial charge is 0.251 e. The Labute approximate surface area is 169 Å². The van der Waals surface area contributed by atoms with Gasteiger partial charge in [-0.05, 0) is 29.8 Å². The lowest BCUT2D eigenvalue weighted by Crippen LogP contribution is -2.76. The minimum absolute atomic E-state index is 0.0805. The van der Waals surface area contributed by atoms with Crippen molar-refractivity contribution in [2.24, 2.45) is 0 Å². The first kappa shape index (κ1) is 17.5. The summed E-state index contributed by atoms with van der Waals surface area (Å²) in [6.07, 6.45) is 2.90. The molecule has 1 fully saturated rings. The van der Waals surface area contributed by atoms with Gasteiger partial charge in [-0.15, -0.1) is 0 Å². The number of nitrogens with one attached hydrogen (secondary N) is 2. The molecule has 0 spiro atoms. The summed E-state index contributed by atoms with van der Waals surface area (Å²) in [6, 6.07) is 23.9. The zero-order valence-corrected chi connectivity index (χ0v) is 16.0. The number of amides is 1. The summed E-state index contributed by atoms with van der Waals surface area (Å²) in [5.41, 5.74) is 4.34. The molecule has 1 atom stereocenters. The van der Waals surface area contributed by atoms with Crippen LogP contribution in [0.5, 0.6) is 0 Å². The maximum Gasteiger partial charge on any atom is 0.251 e. The predicted octanol–water partition coefficient (Wildman–Crippen LogP) is 1.62. The lowest BCUT2D eigenvalue weighted by molar-refractivity contribution is -0.406. The first-order valence-corrected chi connectivity index (χ1v) is 9.83. The van der Waals surface area contributed by atoms with Gasteiger partial charge in [0.15, 0.2) is 5.82 Å². The molecule has 0 bridgehead atoms. The molecule has 3 heterocycles. The summed E-state index contributed by atoms with van der Waals surface area (Å²) < 4.78 is 5.46. The minimum Gasteiger partial charge on any atom is -0.469 e. The Morgan fingerprint density at radius 2 is 1.76 bits per heavy atom. The van der Waals surface area contributed by atoms with Crippen LogP contribution in [0.4, 0.5) is 0 Å². The molecule has 29 heavy (non-hydrogen) atoms. The number of carbonyl (C=O) groups excluding carboxylic acids is 1. The number of nitrogens with zero attached hydrogens (tertiary/aromatic N) is 1. The van der Waals surface area contributed by atoms with E-state index in [4.69, 9.17) is 4.42 Å². The van der Waals surface area contributed by atoms with E-state index in [1.54, 1.807) is 6.26 Å². The molecule has 2 N–H and O–H groups in total. The highest BCUT2D eigenvalue weighted by Crippen LogP contribution is 2.22. The molecular formula is C24H22N3O2+. The molecule has 1 saturated heterocycles. The second kappa shape index (κ2) is 7.43. The van der Waals surface area contributed by atoms with E-state index in [0.29, 0.717) is 13.0 Å². The van der Waals surface area contributed by atoms with E-state index in [9.17, 15) is 4.79 Å². The molecule has 5 heteroatoms. The van der Waals surface area contributed by atoms with E-state index >= 15 is 0 Å². The quantitative estimate of drug-likeness (QED) is 0.703.